The van der Waals surface area contributed by atoms with Crippen LogP contribution in [0.15, 0.2) is 6.07 Å². The van der Waals surface area contributed by atoms with E-state index in [9.17, 15) is 0 Å². The summed E-state index contributed by atoms with van der Waals surface area (Å²) in [5.41, 5.74) is 3.83. The number of fused-ring (bicyclic) bond motifs is 1. The quantitative estimate of drug-likeness (QED) is 0.824. The number of methoxy groups -OCH3 is 2. The van der Waals surface area contributed by atoms with Gasteiger partial charge in [-0.05, 0) is 33.1 Å². The summed E-state index contributed by atoms with van der Waals surface area (Å²) in [5, 5.41) is 0. The molecule has 0 N–H and O–H groups in total. The van der Waals surface area contributed by atoms with Crippen LogP contribution in [0.4, 0.5) is 0 Å². The van der Waals surface area contributed by atoms with Gasteiger partial charge in [0.05, 0.1) is 14.2 Å². The van der Waals surface area contributed by atoms with Gasteiger partial charge in [-0.1, -0.05) is 6.92 Å². The summed E-state index contributed by atoms with van der Waals surface area (Å²) < 4.78 is 11.3. The van der Waals surface area contributed by atoms with E-state index >= 15 is 0 Å². The Morgan fingerprint density at radius 2 is 1.95 bits per heavy atom. The highest BCUT2D eigenvalue weighted by molar-refractivity contribution is 5.54. The number of benzene rings is 1. The van der Waals surface area contributed by atoms with Gasteiger partial charge in [0.15, 0.2) is 0 Å². The lowest BCUT2D eigenvalue weighted by atomic mass is 9.94. The normalized spacial score (nSPS) is 15.3. The average molecular weight is 278 g/mol. The Morgan fingerprint density at radius 3 is 2.50 bits per heavy atom. The molecule has 1 aliphatic rings. The number of hydrogen-bond acceptors (Lipinski definition) is 4. The molecule has 20 heavy (non-hydrogen) atoms. The van der Waals surface area contributed by atoms with Crippen molar-refractivity contribution in [3.63, 3.8) is 0 Å². The summed E-state index contributed by atoms with van der Waals surface area (Å²) in [7, 11) is 7.67. The van der Waals surface area contributed by atoms with Crippen molar-refractivity contribution in [2.75, 3.05) is 41.4 Å². The third kappa shape index (κ3) is 2.91. The fourth-order valence-corrected chi connectivity index (χ4v) is 2.97. The molecule has 0 aliphatic carbocycles. The van der Waals surface area contributed by atoms with Crippen LogP contribution in [-0.4, -0.2) is 51.2 Å². The minimum Gasteiger partial charge on any atom is -0.496 e. The molecular weight excluding hydrogens is 252 g/mol. The van der Waals surface area contributed by atoms with E-state index in [1.807, 2.05) is 0 Å². The molecule has 0 saturated carbocycles. The summed E-state index contributed by atoms with van der Waals surface area (Å²) in [4.78, 5) is 4.60. The molecule has 1 aliphatic heterocycles. The van der Waals surface area contributed by atoms with Gasteiger partial charge in [-0.25, -0.2) is 0 Å². The molecule has 4 heteroatoms. The van der Waals surface area contributed by atoms with E-state index in [1.165, 1.54) is 16.7 Å². The van der Waals surface area contributed by atoms with Crippen LogP contribution in [0.25, 0.3) is 0 Å². The first-order chi connectivity index (χ1) is 9.60. The van der Waals surface area contributed by atoms with Gasteiger partial charge in [-0.15, -0.1) is 0 Å². The van der Waals surface area contributed by atoms with E-state index in [2.05, 4.69) is 36.9 Å². The van der Waals surface area contributed by atoms with Crippen molar-refractivity contribution in [2.45, 2.75) is 26.4 Å². The molecule has 4 nitrogen and oxygen atoms in total. The Labute approximate surface area is 122 Å². The highest BCUT2D eigenvalue weighted by atomic mass is 16.5. The van der Waals surface area contributed by atoms with Gasteiger partial charge in [0.1, 0.15) is 11.5 Å². The number of rotatable bonds is 5. The Balaban J connectivity index is 2.49. The van der Waals surface area contributed by atoms with Crippen molar-refractivity contribution in [3.05, 3.63) is 22.8 Å². The maximum absolute atomic E-state index is 5.71. The zero-order valence-corrected chi connectivity index (χ0v) is 13.3. The summed E-state index contributed by atoms with van der Waals surface area (Å²) in [6.45, 7) is 6.19. The average Bonchev–Trinajstić information content (AvgIpc) is 2.45. The van der Waals surface area contributed by atoms with Gasteiger partial charge in [-0.3, -0.25) is 4.90 Å². The third-order valence-electron chi connectivity index (χ3n) is 3.95. The van der Waals surface area contributed by atoms with Gasteiger partial charge in [-0.2, -0.15) is 0 Å². The Bertz CT molecular complexity index is 472. The third-order valence-corrected chi connectivity index (χ3v) is 3.95. The number of ether oxygens (including phenoxy) is 2. The second-order valence-electron chi connectivity index (χ2n) is 5.58. The molecule has 1 aromatic carbocycles. The van der Waals surface area contributed by atoms with Gasteiger partial charge in [0.25, 0.3) is 0 Å². The van der Waals surface area contributed by atoms with Crippen molar-refractivity contribution >= 4 is 0 Å². The summed E-state index contributed by atoms with van der Waals surface area (Å²) >= 11 is 0. The van der Waals surface area contributed by atoms with Crippen LogP contribution in [0.3, 0.4) is 0 Å². The van der Waals surface area contributed by atoms with Crippen LogP contribution in [0, 0.1) is 0 Å². The van der Waals surface area contributed by atoms with E-state index in [0.29, 0.717) is 0 Å². The second kappa shape index (κ2) is 6.46. The molecule has 0 fully saturated rings. The number of hydrogen-bond donors (Lipinski definition) is 0. The Morgan fingerprint density at radius 1 is 1.20 bits per heavy atom. The van der Waals surface area contributed by atoms with Crippen LogP contribution in [0.1, 0.15) is 23.6 Å². The summed E-state index contributed by atoms with van der Waals surface area (Å²) in [6.07, 6.45) is 1.03. The molecule has 0 saturated heterocycles. The van der Waals surface area contributed by atoms with Gasteiger partial charge >= 0.3 is 0 Å². The lowest BCUT2D eigenvalue weighted by molar-refractivity contribution is 0.256. The first kappa shape index (κ1) is 15.1. The lowest BCUT2D eigenvalue weighted by Crippen LogP contribution is -2.31. The van der Waals surface area contributed by atoms with Crippen molar-refractivity contribution in [3.8, 4) is 11.5 Å². The molecule has 0 unspecified atom stereocenters. The van der Waals surface area contributed by atoms with Crippen LogP contribution in [0.5, 0.6) is 11.5 Å². The molecule has 112 valence electrons. The van der Waals surface area contributed by atoms with Crippen LogP contribution < -0.4 is 9.47 Å². The van der Waals surface area contributed by atoms with E-state index in [4.69, 9.17) is 9.47 Å². The fraction of sp³-hybridized carbons (Fsp3) is 0.625. The van der Waals surface area contributed by atoms with Gasteiger partial charge in [0.2, 0.25) is 0 Å². The van der Waals surface area contributed by atoms with E-state index in [1.54, 1.807) is 14.2 Å². The van der Waals surface area contributed by atoms with Crippen LogP contribution >= 0.6 is 0 Å². The second-order valence-corrected chi connectivity index (χ2v) is 5.58. The molecule has 0 bridgehead atoms. The first-order valence-electron chi connectivity index (χ1n) is 7.23. The van der Waals surface area contributed by atoms with Crippen molar-refractivity contribution in [1.29, 1.82) is 0 Å². The smallest absolute Gasteiger partial charge is 0.127 e. The van der Waals surface area contributed by atoms with Crippen LogP contribution in [-0.2, 0) is 19.5 Å². The van der Waals surface area contributed by atoms with Crippen molar-refractivity contribution < 1.29 is 9.47 Å². The predicted octanol–water partition coefficient (Wildman–Crippen LogP) is 2.14. The topological polar surface area (TPSA) is 24.9 Å². The first-order valence-corrected chi connectivity index (χ1v) is 7.23. The molecule has 0 radical (unpaired) electrons. The Kier molecular flexibility index (Phi) is 4.89. The minimum absolute atomic E-state index is 0.865. The molecule has 0 spiro atoms. The van der Waals surface area contributed by atoms with Crippen molar-refractivity contribution in [1.82, 2.24) is 9.80 Å². The highest BCUT2D eigenvalue weighted by Crippen LogP contribution is 2.38. The monoisotopic (exact) mass is 278 g/mol. The number of nitrogens with zero attached hydrogens (tertiary/aromatic N) is 2. The molecular formula is C16H26N2O2. The minimum atomic E-state index is 0.865. The van der Waals surface area contributed by atoms with E-state index in [0.717, 1.165) is 44.1 Å². The molecule has 0 atom stereocenters. The molecule has 0 aromatic heterocycles. The summed E-state index contributed by atoms with van der Waals surface area (Å²) in [6, 6.07) is 2.14. The molecule has 0 amide bonds. The highest BCUT2D eigenvalue weighted by Gasteiger charge is 2.24. The van der Waals surface area contributed by atoms with Gasteiger partial charge in [0, 0.05) is 36.3 Å². The maximum atomic E-state index is 5.71. The zero-order chi connectivity index (χ0) is 14.7. The van der Waals surface area contributed by atoms with Gasteiger partial charge < -0.3 is 14.4 Å². The SMILES string of the molecule is CCN1CCc2c(c(OC)cc(CN(C)C)c2OC)C1. The molecule has 1 heterocycles. The lowest BCUT2D eigenvalue weighted by Gasteiger charge is -2.31. The molecule has 2 rings (SSSR count). The maximum Gasteiger partial charge on any atom is 0.127 e. The van der Waals surface area contributed by atoms with E-state index in [-0.39, 0.29) is 0 Å². The summed E-state index contributed by atoms with van der Waals surface area (Å²) in [5.74, 6) is 2.04. The largest absolute Gasteiger partial charge is 0.496 e. The number of likely N-dealkylation sites (N-methyl/N-ethyl adjacent to an activating group) is 1. The predicted molar refractivity (Wildman–Crippen MR) is 81.6 cm³/mol. The fourth-order valence-electron chi connectivity index (χ4n) is 2.97. The van der Waals surface area contributed by atoms with Crippen LogP contribution in [0.2, 0.25) is 0 Å². The van der Waals surface area contributed by atoms with E-state index < -0.39 is 0 Å². The molecule has 1 aromatic rings. The Hall–Kier alpha value is -1.26. The standard InChI is InChI=1S/C16H26N2O2/c1-6-18-8-7-13-14(11-18)15(19-4)9-12(10-17(2)3)16(13)20-5/h9H,6-8,10-11H2,1-5H3. The van der Waals surface area contributed by atoms with Crippen molar-refractivity contribution in [2.24, 2.45) is 0 Å². The zero-order valence-electron chi connectivity index (χ0n) is 13.3.